The lowest BCUT2D eigenvalue weighted by molar-refractivity contribution is 0.281. The lowest BCUT2D eigenvalue weighted by Gasteiger charge is -2.08. The van der Waals surface area contributed by atoms with Crippen LogP contribution in [0.4, 0.5) is 5.69 Å². The fourth-order valence-electron chi connectivity index (χ4n) is 1.17. The highest BCUT2D eigenvalue weighted by Gasteiger charge is 2.02. The number of aliphatic hydroxyl groups is 1. The average molecular weight is 214 g/mol. The van der Waals surface area contributed by atoms with Crippen molar-refractivity contribution in [3.63, 3.8) is 0 Å². The molecule has 0 heterocycles. The van der Waals surface area contributed by atoms with Gasteiger partial charge >= 0.3 is 0 Å². The molecule has 80 valence electrons. The molecule has 0 saturated heterocycles. The van der Waals surface area contributed by atoms with Gasteiger partial charge in [-0.05, 0) is 24.1 Å². The minimum atomic E-state index is -0.242. The lowest BCUT2D eigenvalue weighted by Crippen LogP contribution is -1.99. The standard InChI is InChI=1S/C11H10N4O/c1-8-9(7-16)3-2-4-11(8)15-14-10(5-12)6-13/h2-4,15-16H,7H2,1H3. The predicted octanol–water partition coefficient (Wildman–Crippen LogP) is 1.30. The molecule has 16 heavy (non-hydrogen) atoms. The Balaban J connectivity index is 2.96. The zero-order valence-electron chi connectivity index (χ0n) is 8.73. The van der Waals surface area contributed by atoms with Crippen LogP contribution in [0.1, 0.15) is 11.1 Å². The zero-order valence-corrected chi connectivity index (χ0v) is 8.73. The molecule has 1 rings (SSSR count). The zero-order chi connectivity index (χ0) is 12.0. The highest BCUT2D eigenvalue weighted by molar-refractivity contribution is 6.10. The predicted molar refractivity (Wildman–Crippen MR) is 59.4 cm³/mol. The number of benzene rings is 1. The molecule has 0 amide bonds. The summed E-state index contributed by atoms with van der Waals surface area (Å²) in [6, 6.07) is 8.60. The summed E-state index contributed by atoms with van der Waals surface area (Å²) in [6.45, 7) is 1.76. The summed E-state index contributed by atoms with van der Waals surface area (Å²) >= 11 is 0. The van der Waals surface area contributed by atoms with Crippen LogP contribution in [0, 0.1) is 29.6 Å². The summed E-state index contributed by atoms with van der Waals surface area (Å²) in [4.78, 5) is 0. The van der Waals surface area contributed by atoms with Gasteiger partial charge < -0.3 is 5.11 Å². The van der Waals surface area contributed by atoms with Crippen LogP contribution in [0.25, 0.3) is 0 Å². The van der Waals surface area contributed by atoms with Crippen LogP contribution in [-0.4, -0.2) is 10.8 Å². The first kappa shape index (κ1) is 11.7. The van der Waals surface area contributed by atoms with Crippen molar-refractivity contribution in [1.82, 2.24) is 0 Å². The van der Waals surface area contributed by atoms with Crippen LogP contribution < -0.4 is 5.43 Å². The fraction of sp³-hybridized carbons (Fsp3) is 0.182. The Kier molecular flexibility index (Phi) is 4.02. The molecule has 0 atom stereocenters. The number of aliphatic hydroxyl groups excluding tert-OH is 1. The first-order chi connectivity index (χ1) is 7.72. The quantitative estimate of drug-likeness (QED) is 0.586. The van der Waals surface area contributed by atoms with E-state index in [-0.39, 0.29) is 12.3 Å². The highest BCUT2D eigenvalue weighted by atomic mass is 16.3. The van der Waals surface area contributed by atoms with E-state index in [4.69, 9.17) is 15.6 Å². The summed E-state index contributed by atoms with van der Waals surface area (Å²) in [6.07, 6.45) is 0. The Morgan fingerprint density at radius 2 is 2.12 bits per heavy atom. The van der Waals surface area contributed by atoms with E-state index in [0.29, 0.717) is 5.69 Å². The van der Waals surface area contributed by atoms with Gasteiger partial charge in [-0.15, -0.1) is 0 Å². The maximum atomic E-state index is 9.04. The largest absolute Gasteiger partial charge is 0.392 e. The molecule has 0 aliphatic carbocycles. The smallest absolute Gasteiger partial charge is 0.237 e. The van der Waals surface area contributed by atoms with Crippen LogP contribution in [0.3, 0.4) is 0 Å². The molecule has 1 aromatic rings. The molecule has 0 radical (unpaired) electrons. The van der Waals surface area contributed by atoms with Crippen LogP contribution in [0.15, 0.2) is 23.3 Å². The number of hydrogen-bond acceptors (Lipinski definition) is 5. The van der Waals surface area contributed by atoms with Gasteiger partial charge in [-0.25, -0.2) is 0 Å². The van der Waals surface area contributed by atoms with Crippen molar-refractivity contribution >= 4 is 11.4 Å². The fourth-order valence-corrected chi connectivity index (χ4v) is 1.17. The van der Waals surface area contributed by atoms with Crippen molar-refractivity contribution in [3.05, 3.63) is 29.3 Å². The Morgan fingerprint density at radius 3 is 2.69 bits per heavy atom. The number of nitrogens with one attached hydrogen (secondary N) is 1. The van der Waals surface area contributed by atoms with E-state index in [1.807, 2.05) is 6.92 Å². The summed E-state index contributed by atoms with van der Waals surface area (Å²) in [7, 11) is 0. The minimum absolute atomic E-state index is 0.0611. The maximum absolute atomic E-state index is 9.04. The topological polar surface area (TPSA) is 92.2 Å². The molecule has 1 aromatic carbocycles. The van der Waals surface area contributed by atoms with Crippen LogP contribution >= 0.6 is 0 Å². The Bertz CT molecular complexity index is 478. The summed E-state index contributed by atoms with van der Waals surface area (Å²) in [5.74, 6) is 0. The third kappa shape index (κ3) is 2.57. The van der Waals surface area contributed by atoms with Crippen molar-refractivity contribution in [2.45, 2.75) is 13.5 Å². The minimum Gasteiger partial charge on any atom is -0.392 e. The second-order valence-electron chi connectivity index (χ2n) is 3.04. The van der Waals surface area contributed by atoms with Crippen molar-refractivity contribution in [2.24, 2.45) is 5.10 Å². The summed E-state index contributed by atoms with van der Waals surface area (Å²) < 4.78 is 0. The Hall–Kier alpha value is -2.37. The van der Waals surface area contributed by atoms with E-state index in [1.165, 1.54) is 0 Å². The summed E-state index contributed by atoms with van der Waals surface area (Å²) in [5, 5.41) is 29.7. The molecule has 0 bridgehead atoms. The van der Waals surface area contributed by atoms with Gasteiger partial charge in [-0.2, -0.15) is 15.6 Å². The van der Waals surface area contributed by atoms with Gasteiger partial charge in [0.25, 0.3) is 0 Å². The second-order valence-corrected chi connectivity index (χ2v) is 3.04. The Labute approximate surface area is 93.3 Å². The van der Waals surface area contributed by atoms with Gasteiger partial charge in [0, 0.05) is 0 Å². The first-order valence-electron chi connectivity index (χ1n) is 4.56. The summed E-state index contributed by atoms with van der Waals surface area (Å²) in [5.41, 5.74) is 4.65. The van der Waals surface area contributed by atoms with Gasteiger partial charge in [-0.1, -0.05) is 12.1 Å². The molecular formula is C11H10N4O. The second kappa shape index (κ2) is 5.50. The van der Waals surface area contributed by atoms with E-state index in [0.717, 1.165) is 11.1 Å². The molecular weight excluding hydrogens is 204 g/mol. The molecule has 0 fully saturated rings. The van der Waals surface area contributed by atoms with Crippen molar-refractivity contribution in [3.8, 4) is 12.1 Å². The SMILES string of the molecule is Cc1c(CO)cccc1NN=C(C#N)C#N. The van der Waals surface area contributed by atoms with Crippen molar-refractivity contribution < 1.29 is 5.11 Å². The van der Waals surface area contributed by atoms with E-state index < -0.39 is 0 Å². The molecule has 0 aliphatic rings. The van der Waals surface area contributed by atoms with E-state index in [2.05, 4.69) is 10.5 Å². The monoisotopic (exact) mass is 214 g/mol. The molecule has 5 heteroatoms. The van der Waals surface area contributed by atoms with Crippen LogP contribution in [0.2, 0.25) is 0 Å². The molecule has 2 N–H and O–H groups in total. The van der Waals surface area contributed by atoms with Gasteiger partial charge in [0.05, 0.1) is 12.3 Å². The third-order valence-electron chi connectivity index (χ3n) is 2.12. The number of anilines is 1. The number of rotatable bonds is 3. The van der Waals surface area contributed by atoms with Crippen molar-refractivity contribution in [1.29, 1.82) is 10.5 Å². The maximum Gasteiger partial charge on any atom is 0.237 e. The van der Waals surface area contributed by atoms with E-state index in [9.17, 15) is 0 Å². The van der Waals surface area contributed by atoms with Crippen molar-refractivity contribution in [2.75, 3.05) is 5.43 Å². The van der Waals surface area contributed by atoms with Gasteiger partial charge in [-0.3, -0.25) is 5.43 Å². The number of nitriles is 2. The van der Waals surface area contributed by atoms with Crippen LogP contribution in [-0.2, 0) is 6.61 Å². The number of hydrazone groups is 1. The lowest BCUT2D eigenvalue weighted by atomic mass is 10.1. The van der Waals surface area contributed by atoms with E-state index >= 15 is 0 Å². The average Bonchev–Trinajstić information content (AvgIpc) is 2.32. The molecule has 5 nitrogen and oxygen atoms in total. The van der Waals surface area contributed by atoms with Gasteiger partial charge in [0.1, 0.15) is 12.1 Å². The molecule has 0 saturated carbocycles. The van der Waals surface area contributed by atoms with Gasteiger partial charge in [0.2, 0.25) is 5.71 Å². The van der Waals surface area contributed by atoms with E-state index in [1.54, 1.807) is 30.3 Å². The third-order valence-corrected chi connectivity index (χ3v) is 2.12. The van der Waals surface area contributed by atoms with Gasteiger partial charge in [0.15, 0.2) is 0 Å². The molecule has 0 spiro atoms. The normalized spacial score (nSPS) is 8.75. The Morgan fingerprint density at radius 1 is 1.44 bits per heavy atom. The molecule has 0 unspecified atom stereocenters. The highest BCUT2D eigenvalue weighted by Crippen LogP contribution is 2.18. The van der Waals surface area contributed by atoms with Crippen LogP contribution in [0.5, 0.6) is 0 Å². The molecule has 0 aromatic heterocycles. The first-order valence-corrected chi connectivity index (χ1v) is 4.56. The molecule has 0 aliphatic heterocycles. The number of hydrogen-bond donors (Lipinski definition) is 2. The number of nitrogens with zero attached hydrogens (tertiary/aromatic N) is 3.